The van der Waals surface area contributed by atoms with Crippen LogP contribution in [0.1, 0.15) is 25.8 Å². The molecular formula is C12H18ClNO2. The number of ether oxygens (including phenoxy) is 1. The Labute approximate surface area is 101 Å². The lowest BCUT2D eigenvalue weighted by molar-refractivity contribution is 0.00850. The molecule has 1 aromatic rings. The first-order valence-electron chi connectivity index (χ1n) is 5.32. The van der Waals surface area contributed by atoms with E-state index in [1.807, 2.05) is 13.0 Å². The third kappa shape index (κ3) is 3.67. The molecule has 0 aliphatic heterocycles. The van der Waals surface area contributed by atoms with Crippen LogP contribution < -0.4 is 10.5 Å². The molecule has 0 fully saturated rings. The first kappa shape index (κ1) is 13.3. The van der Waals surface area contributed by atoms with Crippen molar-refractivity contribution in [1.29, 1.82) is 0 Å². The molecule has 0 aromatic heterocycles. The summed E-state index contributed by atoms with van der Waals surface area (Å²) in [4.78, 5) is 0. The maximum atomic E-state index is 9.79. The van der Waals surface area contributed by atoms with Crippen molar-refractivity contribution in [2.75, 3.05) is 6.61 Å². The van der Waals surface area contributed by atoms with Crippen molar-refractivity contribution in [3.05, 3.63) is 28.8 Å². The van der Waals surface area contributed by atoms with Crippen LogP contribution in [-0.4, -0.2) is 17.3 Å². The molecule has 3 nitrogen and oxygen atoms in total. The van der Waals surface area contributed by atoms with Gasteiger partial charge >= 0.3 is 0 Å². The molecule has 0 amide bonds. The molecular weight excluding hydrogens is 226 g/mol. The summed E-state index contributed by atoms with van der Waals surface area (Å²) in [7, 11) is 0. The van der Waals surface area contributed by atoms with Crippen LogP contribution in [0.4, 0.5) is 0 Å². The van der Waals surface area contributed by atoms with E-state index < -0.39 is 5.60 Å². The highest BCUT2D eigenvalue weighted by molar-refractivity contribution is 6.32. The topological polar surface area (TPSA) is 55.5 Å². The van der Waals surface area contributed by atoms with Gasteiger partial charge in [-0.25, -0.2) is 0 Å². The van der Waals surface area contributed by atoms with Crippen molar-refractivity contribution in [3.63, 3.8) is 0 Å². The van der Waals surface area contributed by atoms with Crippen molar-refractivity contribution in [1.82, 2.24) is 0 Å². The molecule has 0 heterocycles. The normalized spacial score (nSPS) is 14.6. The summed E-state index contributed by atoms with van der Waals surface area (Å²) in [6.45, 7) is 4.31. The van der Waals surface area contributed by atoms with Crippen LogP contribution in [-0.2, 0) is 6.54 Å². The average Bonchev–Trinajstić information content (AvgIpc) is 2.27. The van der Waals surface area contributed by atoms with Gasteiger partial charge in [-0.3, -0.25) is 0 Å². The Morgan fingerprint density at radius 3 is 2.69 bits per heavy atom. The van der Waals surface area contributed by atoms with Crippen molar-refractivity contribution in [2.45, 2.75) is 32.4 Å². The molecule has 0 saturated carbocycles. The van der Waals surface area contributed by atoms with E-state index in [2.05, 4.69) is 0 Å². The first-order chi connectivity index (χ1) is 7.48. The molecule has 0 bridgehead atoms. The molecule has 1 unspecified atom stereocenters. The van der Waals surface area contributed by atoms with Gasteiger partial charge in [-0.1, -0.05) is 24.6 Å². The standard InChI is InChI=1S/C12H18ClNO2/c1-3-12(2,15)8-16-11-5-4-9(7-14)6-10(11)13/h4-6,15H,3,7-8,14H2,1-2H3. The zero-order chi connectivity index (χ0) is 12.2. The van der Waals surface area contributed by atoms with E-state index in [1.165, 1.54) is 0 Å². The van der Waals surface area contributed by atoms with Crippen LogP contribution >= 0.6 is 11.6 Å². The van der Waals surface area contributed by atoms with E-state index in [4.69, 9.17) is 22.1 Å². The summed E-state index contributed by atoms with van der Waals surface area (Å²) >= 11 is 6.02. The predicted molar refractivity (Wildman–Crippen MR) is 65.8 cm³/mol. The van der Waals surface area contributed by atoms with E-state index in [1.54, 1.807) is 19.1 Å². The summed E-state index contributed by atoms with van der Waals surface area (Å²) in [5.41, 5.74) is 5.63. The molecule has 3 N–H and O–H groups in total. The van der Waals surface area contributed by atoms with Gasteiger partial charge < -0.3 is 15.6 Å². The van der Waals surface area contributed by atoms with Crippen LogP contribution in [0, 0.1) is 0 Å². The lowest BCUT2D eigenvalue weighted by Crippen LogP contribution is -2.31. The van der Waals surface area contributed by atoms with Crippen LogP contribution in [0.25, 0.3) is 0 Å². The Morgan fingerprint density at radius 1 is 1.50 bits per heavy atom. The average molecular weight is 244 g/mol. The molecule has 1 atom stereocenters. The number of hydrogen-bond acceptors (Lipinski definition) is 3. The quantitative estimate of drug-likeness (QED) is 0.835. The first-order valence-corrected chi connectivity index (χ1v) is 5.70. The molecule has 1 rings (SSSR count). The number of aliphatic hydroxyl groups is 1. The summed E-state index contributed by atoms with van der Waals surface area (Å²) in [5, 5.41) is 10.3. The summed E-state index contributed by atoms with van der Waals surface area (Å²) in [6.07, 6.45) is 0.630. The van der Waals surface area contributed by atoms with Crippen molar-refractivity contribution in [2.24, 2.45) is 5.73 Å². The number of halogens is 1. The van der Waals surface area contributed by atoms with Gasteiger partial charge in [0.05, 0.1) is 10.6 Å². The highest BCUT2D eigenvalue weighted by atomic mass is 35.5. The molecule has 0 aliphatic rings. The number of benzene rings is 1. The zero-order valence-corrected chi connectivity index (χ0v) is 10.4. The Balaban J connectivity index is 2.68. The molecule has 0 aliphatic carbocycles. The summed E-state index contributed by atoms with van der Waals surface area (Å²) in [5.74, 6) is 0.576. The summed E-state index contributed by atoms with van der Waals surface area (Å²) in [6, 6.07) is 5.41. The van der Waals surface area contributed by atoms with Gasteiger partial charge in [-0.2, -0.15) is 0 Å². The van der Waals surface area contributed by atoms with Crippen LogP contribution in [0.2, 0.25) is 5.02 Å². The van der Waals surface area contributed by atoms with E-state index in [-0.39, 0.29) is 6.61 Å². The Hall–Kier alpha value is -0.770. The molecule has 90 valence electrons. The van der Waals surface area contributed by atoms with E-state index in [0.717, 1.165) is 5.56 Å². The Kier molecular flexibility index (Phi) is 4.59. The lowest BCUT2D eigenvalue weighted by Gasteiger charge is -2.21. The molecule has 1 aromatic carbocycles. The second-order valence-corrected chi connectivity index (χ2v) is 4.52. The molecule has 0 spiro atoms. The smallest absolute Gasteiger partial charge is 0.138 e. The number of nitrogens with two attached hydrogens (primary N) is 1. The third-order valence-corrected chi connectivity index (χ3v) is 2.83. The Morgan fingerprint density at radius 2 is 2.19 bits per heavy atom. The molecule has 0 saturated heterocycles. The monoisotopic (exact) mass is 243 g/mol. The lowest BCUT2D eigenvalue weighted by atomic mass is 10.1. The highest BCUT2D eigenvalue weighted by Gasteiger charge is 2.18. The fourth-order valence-electron chi connectivity index (χ4n) is 1.12. The molecule has 4 heteroatoms. The van der Waals surface area contributed by atoms with Crippen LogP contribution in [0.15, 0.2) is 18.2 Å². The van der Waals surface area contributed by atoms with Gasteiger partial charge in [-0.05, 0) is 31.0 Å². The van der Waals surface area contributed by atoms with Gasteiger partial charge in [0.2, 0.25) is 0 Å². The largest absolute Gasteiger partial charge is 0.489 e. The second-order valence-electron chi connectivity index (χ2n) is 4.11. The van der Waals surface area contributed by atoms with Crippen molar-refractivity contribution < 1.29 is 9.84 Å². The predicted octanol–water partition coefficient (Wildman–Crippen LogP) is 2.34. The minimum Gasteiger partial charge on any atom is -0.489 e. The minimum atomic E-state index is -0.824. The van der Waals surface area contributed by atoms with Gasteiger partial charge in [0, 0.05) is 6.54 Å². The van der Waals surface area contributed by atoms with Gasteiger partial charge in [0.1, 0.15) is 12.4 Å². The number of hydrogen-bond donors (Lipinski definition) is 2. The van der Waals surface area contributed by atoms with Gasteiger partial charge in [0.25, 0.3) is 0 Å². The van der Waals surface area contributed by atoms with E-state index in [0.29, 0.717) is 23.7 Å². The Bertz CT molecular complexity index is 353. The zero-order valence-electron chi connectivity index (χ0n) is 9.66. The van der Waals surface area contributed by atoms with Crippen LogP contribution in [0.3, 0.4) is 0 Å². The maximum absolute atomic E-state index is 9.79. The van der Waals surface area contributed by atoms with Crippen molar-refractivity contribution >= 4 is 11.6 Å². The van der Waals surface area contributed by atoms with E-state index >= 15 is 0 Å². The maximum Gasteiger partial charge on any atom is 0.138 e. The fourth-order valence-corrected chi connectivity index (χ4v) is 1.38. The molecule has 0 radical (unpaired) electrons. The van der Waals surface area contributed by atoms with Crippen LogP contribution in [0.5, 0.6) is 5.75 Å². The van der Waals surface area contributed by atoms with Gasteiger partial charge in [0.15, 0.2) is 0 Å². The minimum absolute atomic E-state index is 0.227. The van der Waals surface area contributed by atoms with Crippen molar-refractivity contribution in [3.8, 4) is 5.75 Å². The SMILES string of the molecule is CCC(C)(O)COc1ccc(CN)cc1Cl. The number of rotatable bonds is 5. The van der Waals surface area contributed by atoms with Gasteiger partial charge in [-0.15, -0.1) is 0 Å². The second kappa shape index (κ2) is 5.53. The molecule has 16 heavy (non-hydrogen) atoms. The third-order valence-electron chi connectivity index (χ3n) is 2.53. The van der Waals surface area contributed by atoms with E-state index in [9.17, 15) is 5.11 Å². The summed E-state index contributed by atoms with van der Waals surface area (Å²) < 4.78 is 5.47. The highest BCUT2D eigenvalue weighted by Crippen LogP contribution is 2.26. The fraction of sp³-hybridized carbons (Fsp3) is 0.500.